The normalized spacial score (nSPS) is 13.7. The van der Waals surface area contributed by atoms with Gasteiger partial charge in [0.05, 0.1) is 0 Å². The molecular weight excluding hydrogens is 238 g/mol. The molecule has 106 valence electrons. The Morgan fingerprint density at radius 1 is 1.26 bits per heavy atom. The van der Waals surface area contributed by atoms with Gasteiger partial charge in [0.25, 0.3) is 5.91 Å². The number of amides is 1. The predicted octanol–water partition coefficient (Wildman–Crippen LogP) is 3.38. The minimum absolute atomic E-state index is 0.0299. The van der Waals surface area contributed by atoms with Crippen molar-refractivity contribution in [3.8, 4) is 5.75 Å². The predicted molar refractivity (Wildman–Crippen MR) is 78.5 cm³/mol. The molecule has 1 amide bonds. The number of aryl methyl sites for hydroxylation is 2. The summed E-state index contributed by atoms with van der Waals surface area (Å²) in [5.41, 5.74) is 2.19. The fraction of sp³-hybridized carbons (Fsp3) is 0.562. The number of hydrogen-bond acceptors (Lipinski definition) is 2. The molecule has 0 aromatic heterocycles. The van der Waals surface area contributed by atoms with E-state index in [9.17, 15) is 4.79 Å². The fourth-order valence-corrected chi connectivity index (χ4v) is 1.75. The average molecular weight is 263 g/mol. The van der Waals surface area contributed by atoms with Gasteiger partial charge in [0.1, 0.15) is 5.75 Å². The summed E-state index contributed by atoms with van der Waals surface area (Å²) in [5.74, 6) is 0.768. The van der Waals surface area contributed by atoms with E-state index >= 15 is 0 Å². The van der Waals surface area contributed by atoms with Crippen molar-refractivity contribution >= 4 is 5.91 Å². The van der Waals surface area contributed by atoms with Crippen LogP contribution in [0.15, 0.2) is 18.2 Å². The SMILES string of the molecule is CCC(C)NC(=O)C(CC)Oc1cc(C)ccc1C. The first kappa shape index (κ1) is 15.5. The molecule has 2 unspecified atom stereocenters. The Bertz CT molecular complexity index is 429. The van der Waals surface area contributed by atoms with Gasteiger partial charge < -0.3 is 10.1 Å². The molecule has 1 aromatic carbocycles. The van der Waals surface area contributed by atoms with Crippen molar-refractivity contribution in [3.63, 3.8) is 0 Å². The number of ether oxygens (including phenoxy) is 1. The molecule has 0 heterocycles. The van der Waals surface area contributed by atoms with Crippen molar-refractivity contribution in [2.45, 2.75) is 59.6 Å². The third kappa shape index (κ3) is 4.58. The smallest absolute Gasteiger partial charge is 0.261 e. The summed E-state index contributed by atoms with van der Waals surface area (Å²) in [6.07, 6.45) is 1.16. The van der Waals surface area contributed by atoms with Crippen molar-refractivity contribution in [1.82, 2.24) is 5.32 Å². The lowest BCUT2D eigenvalue weighted by molar-refractivity contribution is -0.128. The second kappa shape index (κ2) is 7.17. The first-order chi connectivity index (χ1) is 8.97. The molecule has 0 saturated heterocycles. The Hall–Kier alpha value is -1.51. The molecular formula is C16H25NO2. The van der Waals surface area contributed by atoms with Crippen LogP contribution < -0.4 is 10.1 Å². The third-order valence-electron chi connectivity index (χ3n) is 3.28. The quantitative estimate of drug-likeness (QED) is 0.854. The van der Waals surface area contributed by atoms with Crippen LogP contribution in [0.5, 0.6) is 5.75 Å². The molecule has 0 aliphatic heterocycles. The average Bonchev–Trinajstić information content (AvgIpc) is 2.39. The summed E-state index contributed by atoms with van der Waals surface area (Å²) in [6, 6.07) is 6.23. The monoisotopic (exact) mass is 263 g/mol. The molecule has 0 bridgehead atoms. The highest BCUT2D eigenvalue weighted by Crippen LogP contribution is 2.21. The zero-order valence-corrected chi connectivity index (χ0v) is 12.6. The summed E-state index contributed by atoms with van der Waals surface area (Å²) >= 11 is 0. The Kier molecular flexibility index (Phi) is 5.87. The van der Waals surface area contributed by atoms with Crippen molar-refractivity contribution in [1.29, 1.82) is 0 Å². The topological polar surface area (TPSA) is 38.3 Å². The van der Waals surface area contributed by atoms with Gasteiger partial charge in [-0.1, -0.05) is 26.0 Å². The van der Waals surface area contributed by atoms with Gasteiger partial charge in [-0.15, -0.1) is 0 Å². The fourth-order valence-electron chi connectivity index (χ4n) is 1.75. The number of benzene rings is 1. The van der Waals surface area contributed by atoms with E-state index in [2.05, 4.69) is 12.2 Å². The van der Waals surface area contributed by atoms with E-state index in [0.717, 1.165) is 23.3 Å². The molecule has 0 aliphatic carbocycles. The van der Waals surface area contributed by atoms with Crippen LogP contribution in [0.3, 0.4) is 0 Å². The molecule has 3 nitrogen and oxygen atoms in total. The van der Waals surface area contributed by atoms with Gasteiger partial charge in [0.2, 0.25) is 0 Å². The number of carbonyl (C=O) groups excluding carboxylic acids is 1. The molecule has 3 heteroatoms. The number of rotatable bonds is 6. The van der Waals surface area contributed by atoms with Crippen LogP contribution in [-0.4, -0.2) is 18.1 Å². The zero-order valence-electron chi connectivity index (χ0n) is 12.6. The zero-order chi connectivity index (χ0) is 14.4. The van der Waals surface area contributed by atoms with E-state index in [1.54, 1.807) is 0 Å². The number of nitrogens with one attached hydrogen (secondary N) is 1. The van der Waals surface area contributed by atoms with Crippen LogP contribution >= 0.6 is 0 Å². The molecule has 0 radical (unpaired) electrons. The van der Waals surface area contributed by atoms with Crippen LogP contribution in [0.25, 0.3) is 0 Å². The molecule has 19 heavy (non-hydrogen) atoms. The molecule has 1 N–H and O–H groups in total. The van der Waals surface area contributed by atoms with E-state index in [0.29, 0.717) is 6.42 Å². The molecule has 2 atom stereocenters. The van der Waals surface area contributed by atoms with Crippen molar-refractivity contribution < 1.29 is 9.53 Å². The maximum atomic E-state index is 12.1. The summed E-state index contributed by atoms with van der Waals surface area (Å²) in [4.78, 5) is 12.1. The van der Waals surface area contributed by atoms with Gasteiger partial charge in [-0.3, -0.25) is 4.79 Å². The van der Waals surface area contributed by atoms with Gasteiger partial charge in [0.15, 0.2) is 6.10 Å². The molecule has 0 saturated carbocycles. The van der Waals surface area contributed by atoms with Crippen LogP contribution in [-0.2, 0) is 4.79 Å². The van der Waals surface area contributed by atoms with E-state index in [1.807, 2.05) is 45.9 Å². The highest BCUT2D eigenvalue weighted by atomic mass is 16.5. The van der Waals surface area contributed by atoms with E-state index in [-0.39, 0.29) is 11.9 Å². The molecule has 1 rings (SSSR count). The lowest BCUT2D eigenvalue weighted by Crippen LogP contribution is -2.42. The first-order valence-corrected chi connectivity index (χ1v) is 7.02. The highest BCUT2D eigenvalue weighted by molar-refractivity contribution is 5.81. The minimum atomic E-state index is -0.422. The van der Waals surface area contributed by atoms with E-state index < -0.39 is 6.10 Å². The lowest BCUT2D eigenvalue weighted by Gasteiger charge is -2.21. The minimum Gasteiger partial charge on any atom is -0.480 e. The molecule has 0 spiro atoms. The van der Waals surface area contributed by atoms with Gasteiger partial charge >= 0.3 is 0 Å². The maximum absolute atomic E-state index is 12.1. The Morgan fingerprint density at radius 2 is 1.95 bits per heavy atom. The van der Waals surface area contributed by atoms with Crippen LogP contribution in [0, 0.1) is 13.8 Å². The van der Waals surface area contributed by atoms with Crippen molar-refractivity contribution in [2.75, 3.05) is 0 Å². The summed E-state index contributed by atoms with van der Waals surface area (Å²) in [7, 11) is 0. The molecule has 0 fully saturated rings. The van der Waals surface area contributed by atoms with Gasteiger partial charge in [0, 0.05) is 6.04 Å². The van der Waals surface area contributed by atoms with E-state index in [4.69, 9.17) is 4.74 Å². The van der Waals surface area contributed by atoms with E-state index in [1.165, 1.54) is 0 Å². The van der Waals surface area contributed by atoms with Crippen molar-refractivity contribution in [2.24, 2.45) is 0 Å². The van der Waals surface area contributed by atoms with Crippen LogP contribution in [0.4, 0.5) is 0 Å². The Morgan fingerprint density at radius 3 is 2.53 bits per heavy atom. The lowest BCUT2D eigenvalue weighted by atomic mass is 10.1. The largest absolute Gasteiger partial charge is 0.480 e. The number of carbonyl (C=O) groups is 1. The third-order valence-corrected chi connectivity index (χ3v) is 3.28. The Labute approximate surface area is 116 Å². The Balaban J connectivity index is 2.76. The maximum Gasteiger partial charge on any atom is 0.261 e. The first-order valence-electron chi connectivity index (χ1n) is 7.02. The summed E-state index contributed by atoms with van der Waals surface area (Å²) in [5, 5.41) is 2.97. The summed E-state index contributed by atoms with van der Waals surface area (Å²) in [6.45, 7) is 10.0. The van der Waals surface area contributed by atoms with Gasteiger partial charge in [-0.25, -0.2) is 0 Å². The van der Waals surface area contributed by atoms with Gasteiger partial charge in [-0.2, -0.15) is 0 Å². The van der Waals surface area contributed by atoms with Crippen molar-refractivity contribution in [3.05, 3.63) is 29.3 Å². The standard InChI is InChI=1S/C16H25NO2/c1-6-13(5)17-16(18)14(7-2)19-15-10-11(3)8-9-12(15)4/h8-10,13-14H,6-7H2,1-5H3,(H,17,18). The number of hydrogen-bond donors (Lipinski definition) is 1. The highest BCUT2D eigenvalue weighted by Gasteiger charge is 2.20. The van der Waals surface area contributed by atoms with Crippen LogP contribution in [0.2, 0.25) is 0 Å². The molecule has 1 aromatic rings. The van der Waals surface area contributed by atoms with Crippen LogP contribution in [0.1, 0.15) is 44.7 Å². The van der Waals surface area contributed by atoms with Gasteiger partial charge in [-0.05, 0) is 50.8 Å². The molecule has 0 aliphatic rings. The second-order valence-corrected chi connectivity index (χ2v) is 5.10. The second-order valence-electron chi connectivity index (χ2n) is 5.10. The summed E-state index contributed by atoms with van der Waals surface area (Å²) < 4.78 is 5.87.